The fourth-order valence-corrected chi connectivity index (χ4v) is 17.3. The number of hydrogen-bond acceptors (Lipinski definition) is 16. The van der Waals surface area contributed by atoms with Gasteiger partial charge in [-0.25, -0.2) is 4.79 Å². The average Bonchev–Trinajstić information content (AvgIpc) is 3.97. The first kappa shape index (κ1) is 62.7. The zero-order chi connectivity index (χ0) is 55.4. The third-order valence-electron chi connectivity index (χ3n) is 14.5. The molecule has 2 aromatic rings. The minimum Gasteiger partial charge on any atom is -0.479 e. The molecular weight excluding hydrogens is 1040 g/mol. The van der Waals surface area contributed by atoms with Crippen LogP contribution in [0.1, 0.15) is 148 Å². The third kappa shape index (κ3) is 17.9. The normalized spacial score (nSPS) is 20.5. The van der Waals surface area contributed by atoms with Gasteiger partial charge >= 0.3 is 5.97 Å². The van der Waals surface area contributed by atoms with E-state index >= 15 is 0 Å². The second kappa shape index (κ2) is 30.9. The number of thioether (sulfide) groups is 4. The molecule has 0 aliphatic carbocycles. The Kier molecular flexibility index (Phi) is 25.5. The number of rotatable bonds is 28. The molecule has 4 saturated heterocycles. The molecule has 6 atom stereocenters. The minimum absolute atomic E-state index is 0.0139. The molecule has 3 N–H and O–H groups in total. The fraction of sp³-hybridized carbons (Fsp3) is 0.614. The van der Waals surface area contributed by atoms with Gasteiger partial charge in [-0.1, -0.05) is 101 Å². The van der Waals surface area contributed by atoms with Crippen molar-refractivity contribution in [1.29, 1.82) is 0 Å². The first-order valence-electron chi connectivity index (χ1n) is 27.0. The summed E-state index contributed by atoms with van der Waals surface area (Å²) in [6.45, 7) is 12.6. The Morgan fingerprint density at radius 1 is 0.566 bits per heavy atom. The lowest BCUT2D eigenvalue weighted by Crippen LogP contribution is -2.38. The van der Waals surface area contributed by atoms with Gasteiger partial charge in [-0.3, -0.25) is 53.0 Å². The van der Waals surface area contributed by atoms with Crippen LogP contribution in [0, 0.1) is 11.8 Å². The Labute approximate surface area is 465 Å². The van der Waals surface area contributed by atoms with E-state index in [1.165, 1.54) is 19.8 Å². The van der Waals surface area contributed by atoms with E-state index in [0.717, 1.165) is 62.0 Å². The number of ketones is 7. The van der Waals surface area contributed by atoms with Crippen LogP contribution in [0.2, 0.25) is 0 Å². The van der Waals surface area contributed by atoms with E-state index in [1.807, 2.05) is 73.9 Å². The maximum atomic E-state index is 13.4. The van der Waals surface area contributed by atoms with Crippen LogP contribution >= 0.6 is 47.0 Å². The molecule has 0 radical (unpaired) electrons. The monoisotopic (exact) mass is 1120 g/mol. The van der Waals surface area contributed by atoms with Gasteiger partial charge in [-0.15, -0.1) is 47.0 Å². The number of carboxylic acids is 1. The molecule has 2 aromatic carbocycles. The van der Waals surface area contributed by atoms with Crippen molar-refractivity contribution in [2.75, 3.05) is 49.2 Å². The van der Waals surface area contributed by atoms with E-state index in [2.05, 4.69) is 27.4 Å². The van der Waals surface area contributed by atoms with Gasteiger partial charge in [0.25, 0.3) is 0 Å². The highest BCUT2D eigenvalue weighted by Gasteiger charge is 2.49. The van der Waals surface area contributed by atoms with Crippen molar-refractivity contribution in [3.05, 3.63) is 71.8 Å². The number of aliphatic carboxylic acids is 1. The maximum Gasteiger partial charge on any atom is 0.330 e. The summed E-state index contributed by atoms with van der Waals surface area (Å²) in [7, 11) is 0. The number of hydrogen-bond donors (Lipinski definition) is 3. The lowest BCUT2D eigenvalue weighted by atomic mass is 9.87. The van der Waals surface area contributed by atoms with Gasteiger partial charge in [-0.05, 0) is 92.7 Å². The molecule has 76 heavy (non-hydrogen) atoms. The summed E-state index contributed by atoms with van der Waals surface area (Å²) in [5.74, 6) is -1.86. The topological polar surface area (TPSA) is 221 Å². The predicted octanol–water partition coefficient (Wildman–Crippen LogP) is 8.27. The van der Waals surface area contributed by atoms with Gasteiger partial charge in [0.2, 0.25) is 23.4 Å². The molecule has 0 aromatic heterocycles. The Morgan fingerprint density at radius 2 is 0.934 bits per heavy atom. The number of carbonyl (C=O) groups is 10. The molecule has 2 unspecified atom stereocenters. The first-order valence-corrected chi connectivity index (χ1v) is 31.0. The molecular formula is C57H78N4O11S4. The highest BCUT2D eigenvalue weighted by Crippen LogP contribution is 2.52. The fourth-order valence-electron chi connectivity index (χ4n) is 10.5. The zero-order valence-electron chi connectivity index (χ0n) is 44.9. The van der Waals surface area contributed by atoms with Crippen molar-refractivity contribution >= 4 is 105 Å². The molecule has 4 heterocycles. The van der Waals surface area contributed by atoms with Crippen LogP contribution in [-0.2, 0) is 47.9 Å². The zero-order valence-corrected chi connectivity index (χ0v) is 48.1. The number of amides is 2. The standard InChI is InChI=1S/C29H40N2O5S2.C28H38N2O6S2/c1-4-10-22(17-25(34)23-18-29(19-31(23)5-2)37-15-9-16-38-29)28(36)24(33)13-14-26(35)30-27(20(3)32)21-11-7-6-8-12-21;1-3-9-20(16-23(32)21-17-28(18-30(21)4-2)37-14-8-15-38-28)26(34)22(31)12-13-24(33)29-25(27(35)36)19-10-6-5-7-11-19/h6-8,11-12,22-23,27H,4-5,9-10,13-19H2,1-3H3,(H,30,35);5-7,10-11,20-21,25H,3-4,8-9,12-18H2,1-2H3,(H,29,33)(H,35,36)/t22?,23-,27+;20?,21-,25-/m00/s1. The van der Waals surface area contributed by atoms with Crippen molar-refractivity contribution in [2.24, 2.45) is 11.8 Å². The van der Waals surface area contributed by atoms with Crippen LogP contribution in [0.4, 0.5) is 0 Å². The largest absolute Gasteiger partial charge is 0.479 e. The van der Waals surface area contributed by atoms with Gasteiger partial charge < -0.3 is 15.7 Å². The van der Waals surface area contributed by atoms with Crippen LogP contribution in [0.15, 0.2) is 60.7 Å². The first-order chi connectivity index (χ1) is 36.4. The number of benzene rings is 2. The number of carboxylic acid groups (broad SMARTS) is 1. The van der Waals surface area contributed by atoms with E-state index < -0.39 is 64.8 Å². The second-order valence-electron chi connectivity index (χ2n) is 20.1. The molecule has 19 heteroatoms. The number of likely N-dealkylation sites (N-methyl/N-ethyl adjacent to an activating group) is 2. The average molecular weight is 1120 g/mol. The van der Waals surface area contributed by atoms with Crippen LogP contribution in [0.3, 0.4) is 0 Å². The number of Topliss-reactive ketones (excluding diaryl/α,β-unsaturated/α-hetero) is 7. The highest BCUT2D eigenvalue weighted by molar-refractivity contribution is 8.19. The Bertz CT molecular complexity index is 2180. The minimum atomic E-state index is -1.24. The SMILES string of the molecule is CCCC(CC(=O)[C@@H]1CC2(CN1CC)SCCCS2)C(=O)C(=O)CCC(=O)N[C@H](C(=O)O)c1ccccc1.CCCC(CC(=O)[C@@H]1CC2(CN1CC)SCCCS2)C(=O)C(=O)CCC(=O)N[C@H](C(C)=O)c1ccccc1. The second-order valence-corrected chi connectivity index (χ2v) is 26.6. The lowest BCUT2D eigenvalue weighted by Gasteiger charge is -2.31. The van der Waals surface area contributed by atoms with Crippen molar-refractivity contribution in [1.82, 2.24) is 20.4 Å². The molecule has 4 aliphatic rings. The molecule has 6 rings (SSSR count). The van der Waals surface area contributed by atoms with E-state index in [9.17, 15) is 53.1 Å². The van der Waals surface area contributed by atoms with Crippen LogP contribution in [0.25, 0.3) is 0 Å². The van der Waals surface area contributed by atoms with Crippen molar-refractivity contribution in [2.45, 2.75) is 157 Å². The molecule has 2 amide bonds. The quantitative estimate of drug-likeness (QED) is 0.0682. The van der Waals surface area contributed by atoms with Gasteiger partial charge in [-0.2, -0.15) is 0 Å². The molecule has 0 bridgehead atoms. The summed E-state index contributed by atoms with van der Waals surface area (Å²) >= 11 is 7.79. The lowest BCUT2D eigenvalue weighted by molar-refractivity contribution is -0.142. The number of nitrogens with zero attached hydrogens (tertiary/aromatic N) is 2. The predicted molar refractivity (Wildman–Crippen MR) is 303 cm³/mol. The maximum absolute atomic E-state index is 13.4. The summed E-state index contributed by atoms with van der Waals surface area (Å²) in [4.78, 5) is 132. The number of likely N-dealkylation sites (tertiary alicyclic amines) is 2. The molecule has 15 nitrogen and oxygen atoms in total. The van der Waals surface area contributed by atoms with Gasteiger partial charge in [0.05, 0.1) is 20.2 Å². The molecule has 416 valence electrons. The highest BCUT2D eigenvalue weighted by atomic mass is 32.2. The van der Waals surface area contributed by atoms with Crippen molar-refractivity contribution in [3.8, 4) is 0 Å². The van der Waals surface area contributed by atoms with Crippen LogP contribution < -0.4 is 10.6 Å². The van der Waals surface area contributed by atoms with Gasteiger partial charge in [0, 0.05) is 63.5 Å². The number of carbonyl (C=O) groups excluding carboxylic acids is 9. The molecule has 0 saturated carbocycles. The van der Waals surface area contributed by atoms with Gasteiger partial charge in [0.1, 0.15) is 6.04 Å². The number of nitrogens with one attached hydrogen (secondary N) is 2. The summed E-state index contributed by atoms with van der Waals surface area (Å²) in [6, 6.07) is 14.7. The summed E-state index contributed by atoms with van der Waals surface area (Å²) in [5, 5.41) is 14.6. The van der Waals surface area contributed by atoms with E-state index in [-0.39, 0.29) is 76.1 Å². The van der Waals surface area contributed by atoms with Crippen LogP contribution in [0.5, 0.6) is 0 Å². The van der Waals surface area contributed by atoms with E-state index in [0.29, 0.717) is 36.8 Å². The summed E-state index contributed by atoms with van der Waals surface area (Å²) in [6.07, 6.45) is 5.24. The Hall–Kier alpha value is -4.14. The van der Waals surface area contributed by atoms with Crippen molar-refractivity contribution in [3.63, 3.8) is 0 Å². The summed E-state index contributed by atoms with van der Waals surface area (Å²) in [5.41, 5.74) is 1.08. The molecule has 2 spiro atoms. The van der Waals surface area contributed by atoms with Crippen molar-refractivity contribution < 1.29 is 53.1 Å². The smallest absolute Gasteiger partial charge is 0.330 e. The van der Waals surface area contributed by atoms with E-state index in [1.54, 1.807) is 54.6 Å². The van der Waals surface area contributed by atoms with E-state index in [4.69, 9.17) is 0 Å². The van der Waals surface area contributed by atoms with Crippen LogP contribution in [-0.4, -0.2) is 143 Å². The molecule has 4 fully saturated rings. The Balaban J connectivity index is 0.000000281. The Morgan fingerprint density at radius 3 is 1.28 bits per heavy atom. The third-order valence-corrected chi connectivity index (χ3v) is 21.2. The summed E-state index contributed by atoms with van der Waals surface area (Å²) < 4.78 is 0.0924. The molecule has 4 aliphatic heterocycles. The van der Waals surface area contributed by atoms with Gasteiger partial charge in [0.15, 0.2) is 35.0 Å².